The third-order valence-electron chi connectivity index (χ3n) is 2.29. The molecule has 6 heteroatoms. The zero-order valence-electron chi connectivity index (χ0n) is 11.0. The number of aliphatic carboxylic acids is 1. The van der Waals surface area contributed by atoms with Gasteiger partial charge in [-0.25, -0.2) is 4.98 Å². The number of carboxylic acids is 1. The third kappa shape index (κ3) is 5.01. The van der Waals surface area contributed by atoms with Gasteiger partial charge >= 0.3 is 5.97 Å². The molecule has 1 heterocycles. The van der Waals surface area contributed by atoms with Crippen LogP contribution >= 0.6 is 11.3 Å². The normalized spacial score (nSPS) is 10.9. The average Bonchev–Trinajstić information content (AvgIpc) is 2.71. The Labute approximate surface area is 111 Å². The highest BCUT2D eigenvalue weighted by atomic mass is 32.1. The first-order chi connectivity index (χ1) is 8.52. The Hall–Kier alpha value is -1.14. The van der Waals surface area contributed by atoms with Gasteiger partial charge in [0.25, 0.3) is 0 Å². The molecule has 1 aromatic heterocycles. The zero-order chi connectivity index (χ0) is 13.5. The molecular weight excluding hydrogens is 252 g/mol. The number of thiazole rings is 1. The van der Waals surface area contributed by atoms with Gasteiger partial charge in [0.15, 0.2) is 5.13 Å². The lowest BCUT2D eigenvalue weighted by Gasteiger charge is -2.23. The van der Waals surface area contributed by atoms with E-state index < -0.39 is 5.97 Å². The van der Waals surface area contributed by atoms with Crippen LogP contribution in [0, 0.1) is 5.92 Å². The SMILES string of the molecule is COCCN(CC(C)C)c1nc(CC(=O)O)cs1. The van der Waals surface area contributed by atoms with Crippen LogP contribution in [0.2, 0.25) is 0 Å². The fraction of sp³-hybridized carbons (Fsp3) is 0.667. The molecule has 1 aromatic rings. The smallest absolute Gasteiger partial charge is 0.309 e. The molecule has 0 spiro atoms. The van der Waals surface area contributed by atoms with Crippen molar-refractivity contribution in [3.05, 3.63) is 11.1 Å². The molecule has 18 heavy (non-hydrogen) atoms. The zero-order valence-corrected chi connectivity index (χ0v) is 11.9. The van der Waals surface area contributed by atoms with E-state index in [0.29, 0.717) is 18.2 Å². The molecule has 0 amide bonds. The van der Waals surface area contributed by atoms with Gasteiger partial charge in [0.1, 0.15) is 0 Å². The van der Waals surface area contributed by atoms with Crippen molar-refractivity contribution in [3.8, 4) is 0 Å². The highest BCUT2D eigenvalue weighted by Crippen LogP contribution is 2.21. The van der Waals surface area contributed by atoms with E-state index >= 15 is 0 Å². The number of hydrogen-bond acceptors (Lipinski definition) is 5. The van der Waals surface area contributed by atoms with E-state index in [9.17, 15) is 4.79 Å². The van der Waals surface area contributed by atoms with E-state index in [4.69, 9.17) is 9.84 Å². The van der Waals surface area contributed by atoms with Crippen molar-refractivity contribution in [2.45, 2.75) is 20.3 Å². The highest BCUT2D eigenvalue weighted by Gasteiger charge is 2.13. The van der Waals surface area contributed by atoms with Crippen LogP contribution in [0.4, 0.5) is 5.13 Å². The van der Waals surface area contributed by atoms with Crippen molar-refractivity contribution in [1.82, 2.24) is 4.98 Å². The molecule has 0 fully saturated rings. The van der Waals surface area contributed by atoms with Crippen molar-refractivity contribution in [2.24, 2.45) is 5.92 Å². The van der Waals surface area contributed by atoms with Crippen LogP contribution in [0.1, 0.15) is 19.5 Å². The average molecular weight is 272 g/mol. The van der Waals surface area contributed by atoms with Gasteiger partial charge in [-0.15, -0.1) is 11.3 Å². The monoisotopic (exact) mass is 272 g/mol. The maximum atomic E-state index is 10.6. The maximum Gasteiger partial charge on any atom is 0.309 e. The number of hydrogen-bond donors (Lipinski definition) is 1. The van der Waals surface area contributed by atoms with Gasteiger partial charge in [-0.2, -0.15) is 0 Å². The minimum absolute atomic E-state index is 0.0176. The fourth-order valence-corrected chi connectivity index (χ4v) is 2.45. The summed E-state index contributed by atoms with van der Waals surface area (Å²) < 4.78 is 5.09. The Kier molecular flexibility index (Phi) is 6.07. The summed E-state index contributed by atoms with van der Waals surface area (Å²) in [6.07, 6.45) is -0.0176. The molecule has 0 saturated carbocycles. The van der Waals surface area contributed by atoms with Gasteiger partial charge in [-0.1, -0.05) is 13.8 Å². The molecule has 5 nitrogen and oxygen atoms in total. The van der Waals surface area contributed by atoms with Crippen LogP contribution < -0.4 is 4.90 Å². The van der Waals surface area contributed by atoms with E-state index in [1.807, 2.05) is 5.38 Å². The van der Waals surface area contributed by atoms with Crippen LogP contribution in [0.15, 0.2) is 5.38 Å². The number of rotatable bonds is 8. The summed E-state index contributed by atoms with van der Waals surface area (Å²) in [5.41, 5.74) is 0.619. The minimum Gasteiger partial charge on any atom is -0.481 e. The molecule has 0 aromatic carbocycles. The second-order valence-corrected chi connectivity index (χ2v) is 5.36. The van der Waals surface area contributed by atoms with Gasteiger partial charge in [0.05, 0.1) is 18.7 Å². The number of carbonyl (C=O) groups is 1. The van der Waals surface area contributed by atoms with Gasteiger partial charge in [0.2, 0.25) is 0 Å². The molecule has 0 unspecified atom stereocenters. The number of aromatic nitrogens is 1. The molecule has 0 bridgehead atoms. The Balaban J connectivity index is 2.71. The Morgan fingerprint density at radius 2 is 2.33 bits per heavy atom. The molecule has 1 N–H and O–H groups in total. The molecule has 1 rings (SSSR count). The molecule has 102 valence electrons. The molecule has 0 aliphatic carbocycles. The second-order valence-electron chi connectivity index (χ2n) is 4.52. The first-order valence-electron chi connectivity index (χ1n) is 5.93. The van der Waals surface area contributed by atoms with E-state index in [-0.39, 0.29) is 6.42 Å². The number of methoxy groups -OCH3 is 1. The summed E-state index contributed by atoms with van der Waals surface area (Å²) in [5.74, 6) is -0.326. The Bertz CT molecular complexity index is 379. The topological polar surface area (TPSA) is 62.7 Å². The highest BCUT2D eigenvalue weighted by molar-refractivity contribution is 7.13. The summed E-state index contributed by atoms with van der Waals surface area (Å²) in [6, 6.07) is 0. The standard InChI is InChI=1S/C12H20N2O3S/c1-9(2)7-14(4-5-17-3)12-13-10(8-18-12)6-11(15)16/h8-9H,4-7H2,1-3H3,(H,15,16). The van der Waals surface area contributed by atoms with E-state index in [1.54, 1.807) is 7.11 Å². The molecule has 0 aliphatic heterocycles. The fourth-order valence-electron chi connectivity index (χ4n) is 1.58. The lowest BCUT2D eigenvalue weighted by molar-refractivity contribution is -0.136. The van der Waals surface area contributed by atoms with Crippen LogP contribution in [0.3, 0.4) is 0 Å². The number of ether oxygens (including phenoxy) is 1. The molecule has 0 aliphatic rings. The molecule has 0 saturated heterocycles. The van der Waals surface area contributed by atoms with E-state index in [1.165, 1.54) is 11.3 Å². The Morgan fingerprint density at radius 3 is 2.89 bits per heavy atom. The van der Waals surface area contributed by atoms with Crippen molar-refractivity contribution in [1.29, 1.82) is 0 Å². The first-order valence-corrected chi connectivity index (χ1v) is 6.81. The van der Waals surface area contributed by atoms with Crippen LogP contribution in [-0.2, 0) is 16.0 Å². The number of anilines is 1. The summed E-state index contributed by atoms with van der Waals surface area (Å²) in [6.45, 7) is 6.59. The predicted molar refractivity (Wildman–Crippen MR) is 72.4 cm³/mol. The second kappa shape index (κ2) is 7.33. The van der Waals surface area contributed by atoms with Gasteiger partial charge in [-0.05, 0) is 5.92 Å². The largest absolute Gasteiger partial charge is 0.481 e. The van der Waals surface area contributed by atoms with Gasteiger partial charge < -0.3 is 14.7 Å². The number of carboxylic acid groups (broad SMARTS) is 1. The van der Waals surface area contributed by atoms with Gasteiger partial charge in [0, 0.05) is 25.6 Å². The molecule has 0 radical (unpaired) electrons. The summed E-state index contributed by atoms with van der Waals surface area (Å²) >= 11 is 1.49. The van der Waals surface area contributed by atoms with Gasteiger partial charge in [-0.3, -0.25) is 4.79 Å². The van der Waals surface area contributed by atoms with E-state index in [0.717, 1.165) is 18.2 Å². The maximum absolute atomic E-state index is 10.6. The van der Waals surface area contributed by atoms with Crippen LogP contribution in [-0.4, -0.2) is 42.9 Å². The van der Waals surface area contributed by atoms with Crippen molar-refractivity contribution < 1.29 is 14.6 Å². The Morgan fingerprint density at radius 1 is 1.61 bits per heavy atom. The van der Waals surface area contributed by atoms with Crippen molar-refractivity contribution in [3.63, 3.8) is 0 Å². The van der Waals surface area contributed by atoms with Crippen LogP contribution in [0.5, 0.6) is 0 Å². The molecule has 0 atom stereocenters. The number of nitrogens with zero attached hydrogens (tertiary/aromatic N) is 2. The minimum atomic E-state index is -0.848. The third-order valence-corrected chi connectivity index (χ3v) is 3.24. The summed E-state index contributed by atoms with van der Waals surface area (Å²) in [7, 11) is 1.67. The van der Waals surface area contributed by atoms with Crippen LogP contribution in [0.25, 0.3) is 0 Å². The lowest BCUT2D eigenvalue weighted by atomic mass is 10.2. The quantitative estimate of drug-likeness (QED) is 0.783. The predicted octanol–water partition coefficient (Wildman–Crippen LogP) is 1.88. The first kappa shape index (κ1) is 14.9. The van der Waals surface area contributed by atoms with E-state index in [2.05, 4.69) is 23.7 Å². The van der Waals surface area contributed by atoms with Crippen molar-refractivity contribution >= 4 is 22.4 Å². The van der Waals surface area contributed by atoms with Crippen molar-refractivity contribution in [2.75, 3.05) is 31.7 Å². The molecular formula is C12H20N2O3S. The lowest BCUT2D eigenvalue weighted by Crippen LogP contribution is -2.30. The summed E-state index contributed by atoms with van der Waals surface area (Å²) in [4.78, 5) is 17.1. The summed E-state index contributed by atoms with van der Waals surface area (Å²) in [5, 5.41) is 11.4.